The standard InChI is InChI=1S/C9H11F2N3O2/c10-9(11,4-12)5-14-8(16)6-1-2-7(15)13-3-6/h1-3H,4-5,12H2,(H,13,15)(H,14,16). The first-order valence-corrected chi connectivity index (χ1v) is 4.49. The number of H-pyrrole nitrogens is 1. The molecule has 88 valence electrons. The summed E-state index contributed by atoms with van der Waals surface area (Å²) < 4.78 is 25.4. The van der Waals surface area contributed by atoms with Gasteiger partial charge < -0.3 is 16.0 Å². The number of nitrogens with one attached hydrogen (secondary N) is 2. The summed E-state index contributed by atoms with van der Waals surface area (Å²) in [5.41, 5.74) is 4.53. The third-order valence-corrected chi connectivity index (χ3v) is 1.85. The van der Waals surface area contributed by atoms with Gasteiger partial charge >= 0.3 is 0 Å². The van der Waals surface area contributed by atoms with E-state index in [1.807, 2.05) is 5.32 Å². The molecule has 16 heavy (non-hydrogen) atoms. The van der Waals surface area contributed by atoms with Crippen LogP contribution in [-0.4, -0.2) is 29.9 Å². The summed E-state index contributed by atoms with van der Waals surface area (Å²) >= 11 is 0. The molecule has 4 N–H and O–H groups in total. The molecule has 0 radical (unpaired) electrons. The van der Waals surface area contributed by atoms with Crippen LogP contribution in [0, 0.1) is 0 Å². The Morgan fingerprint density at radius 1 is 1.50 bits per heavy atom. The van der Waals surface area contributed by atoms with Gasteiger partial charge in [-0.15, -0.1) is 0 Å². The number of aromatic amines is 1. The van der Waals surface area contributed by atoms with Crippen LogP contribution in [0.25, 0.3) is 0 Å². The fourth-order valence-corrected chi connectivity index (χ4v) is 0.936. The van der Waals surface area contributed by atoms with Crippen LogP contribution < -0.4 is 16.6 Å². The Kier molecular flexibility index (Phi) is 3.73. The van der Waals surface area contributed by atoms with Crippen molar-refractivity contribution < 1.29 is 13.6 Å². The van der Waals surface area contributed by atoms with Crippen LogP contribution in [0.3, 0.4) is 0 Å². The predicted molar refractivity (Wildman–Crippen MR) is 53.4 cm³/mol. The lowest BCUT2D eigenvalue weighted by molar-refractivity contribution is 0.0118. The van der Waals surface area contributed by atoms with E-state index < -0.39 is 24.9 Å². The maximum Gasteiger partial charge on any atom is 0.277 e. The molecule has 0 aliphatic heterocycles. The molecule has 7 heteroatoms. The highest BCUT2D eigenvalue weighted by Crippen LogP contribution is 2.08. The van der Waals surface area contributed by atoms with Gasteiger partial charge in [-0.3, -0.25) is 9.59 Å². The molecule has 0 saturated carbocycles. The summed E-state index contributed by atoms with van der Waals surface area (Å²) in [6.07, 6.45) is 1.15. The molecule has 5 nitrogen and oxygen atoms in total. The Labute approximate surface area is 89.7 Å². The molecule has 0 aliphatic rings. The van der Waals surface area contributed by atoms with Crippen molar-refractivity contribution in [2.75, 3.05) is 13.1 Å². The van der Waals surface area contributed by atoms with Gasteiger partial charge in [-0.2, -0.15) is 0 Å². The quantitative estimate of drug-likeness (QED) is 0.664. The molecule has 0 bridgehead atoms. The van der Waals surface area contributed by atoms with Gasteiger partial charge in [0.25, 0.3) is 11.8 Å². The topological polar surface area (TPSA) is 88.0 Å². The molecule has 1 aromatic rings. The zero-order valence-corrected chi connectivity index (χ0v) is 8.30. The highest BCUT2D eigenvalue weighted by Gasteiger charge is 2.27. The van der Waals surface area contributed by atoms with E-state index in [-0.39, 0.29) is 11.1 Å². The van der Waals surface area contributed by atoms with E-state index in [2.05, 4.69) is 4.98 Å². The second kappa shape index (κ2) is 4.84. The molecule has 0 unspecified atom stereocenters. The van der Waals surface area contributed by atoms with E-state index in [0.717, 1.165) is 12.3 Å². The average molecular weight is 231 g/mol. The van der Waals surface area contributed by atoms with Gasteiger partial charge in [0.1, 0.15) is 0 Å². The number of carbonyl (C=O) groups is 1. The highest BCUT2D eigenvalue weighted by atomic mass is 19.3. The fraction of sp³-hybridized carbons (Fsp3) is 0.333. The number of carbonyl (C=O) groups excluding carboxylic acids is 1. The summed E-state index contributed by atoms with van der Waals surface area (Å²) in [7, 11) is 0. The Morgan fingerprint density at radius 3 is 2.69 bits per heavy atom. The molecule has 1 rings (SSSR count). The maximum absolute atomic E-state index is 12.7. The molecule has 0 saturated heterocycles. The SMILES string of the molecule is NCC(F)(F)CNC(=O)c1ccc(=O)[nH]c1. The average Bonchev–Trinajstić information content (AvgIpc) is 2.27. The van der Waals surface area contributed by atoms with Crippen molar-refractivity contribution in [1.29, 1.82) is 0 Å². The minimum Gasteiger partial charge on any atom is -0.346 e. The molecule has 0 fully saturated rings. The number of alkyl halides is 2. The lowest BCUT2D eigenvalue weighted by atomic mass is 10.2. The van der Waals surface area contributed by atoms with Crippen molar-refractivity contribution >= 4 is 5.91 Å². The Morgan fingerprint density at radius 2 is 2.19 bits per heavy atom. The number of nitrogens with two attached hydrogens (primary N) is 1. The molecule has 0 spiro atoms. The fourth-order valence-electron chi connectivity index (χ4n) is 0.936. The summed E-state index contributed by atoms with van der Waals surface area (Å²) in [5, 5.41) is 2.02. The number of hydrogen-bond acceptors (Lipinski definition) is 3. The Balaban J connectivity index is 2.60. The van der Waals surface area contributed by atoms with Gasteiger partial charge in [-0.25, -0.2) is 8.78 Å². The summed E-state index contributed by atoms with van der Waals surface area (Å²) in [4.78, 5) is 24.3. The Bertz CT molecular complexity index is 411. The van der Waals surface area contributed by atoms with Crippen LogP contribution >= 0.6 is 0 Å². The third-order valence-electron chi connectivity index (χ3n) is 1.85. The molecular formula is C9H11F2N3O2. The normalized spacial score (nSPS) is 11.2. The number of hydrogen-bond donors (Lipinski definition) is 3. The highest BCUT2D eigenvalue weighted by molar-refractivity contribution is 5.93. The van der Waals surface area contributed by atoms with Gasteiger partial charge in [0, 0.05) is 12.3 Å². The number of amides is 1. The second-order valence-electron chi connectivity index (χ2n) is 3.18. The minimum absolute atomic E-state index is 0.104. The van der Waals surface area contributed by atoms with Crippen molar-refractivity contribution in [2.24, 2.45) is 5.73 Å². The smallest absolute Gasteiger partial charge is 0.277 e. The first-order chi connectivity index (χ1) is 7.44. The van der Waals surface area contributed by atoms with Crippen molar-refractivity contribution in [3.8, 4) is 0 Å². The molecular weight excluding hydrogens is 220 g/mol. The molecule has 0 atom stereocenters. The number of pyridine rings is 1. The van der Waals surface area contributed by atoms with Crippen LogP contribution in [-0.2, 0) is 0 Å². The summed E-state index contributed by atoms with van der Waals surface area (Å²) in [6.45, 7) is -1.67. The van der Waals surface area contributed by atoms with Crippen LogP contribution in [0.5, 0.6) is 0 Å². The summed E-state index contributed by atoms with van der Waals surface area (Å²) in [5.74, 6) is -3.82. The van der Waals surface area contributed by atoms with Crippen molar-refractivity contribution in [3.05, 3.63) is 34.2 Å². The number of aromatic nitrogens is 1. The van der Waals surface area contributed by atoms with E-state index >= 15 is 0 Å². The number of halogens is 2. The van der Waals surface area contributed by atoms with Gasteiger partial charge in [0.2, 0.25) is 5.56 Å². The van der Waals surface area contributed by atoms with E-state index in [4.69, 9.17) is 5.73 Å². The molecule has 1 heterocycles. The van der Waals surface area contributed by atoms with E-state index in [0.29, 0.717) is 0 Å². The lowest BCUT2D eigenvalue weighted by Crippen LogP contribution is -2.41. The third kappa shape index (κ3) is 3.43. The predicted octanol–water partition coefficient (Wildman–Crippen LogP) is -0.301. The molecule has 1 amide bonds. The minimum atomic E-state index is -3.13. The first kappa shape index (κ1) is 12.3. The van der Waals surface area contributed by atoms with Gasteiger partial charge in [0.15, 0.2) is 0 Å². The van der Waals surface area contributed by atoms with Gasteiger partial charge in [-0.05, 0) is 6.07 Å². The van der Waals surface area contributed by atoms with Crippen molar-refractivity contribution in [3.63, 3.8) is 0 Å². The second-order valence-corrected chi connectivity index (χ2v) is 3.18. The monoisotopic (exact) mass is 231 g/mol. The van der Waals surface area contributed by atoms with Gasteiger partial charge in [0.05, 0.1) is 18.7 Å². The maximum atomic E-state index is 12.7. The zero-order chi connectivity index (χ0) is 12.2. The van der Waals surface area contributed by atoms with Crippen LogP contribution in [0.1, 0.15) is 10.4 Å². The van der Waals surface area contributed by atoms with Crippen molar-refractivity contribution in [1.82, 2.24) is 10.3 Å². The van der Waals surface area contributed by atoms with Crippen LogP contribution in [0.2, 0.25) is 0 Å². The zero-order valence-electron chi connectivity index (χ0n) is 8.30. The van der Waals surface area contributed by atoms with E-state index in [9.17, 15) is 18.4 Å². The Hall–Kier alpha value is -1.76. The van der Waals surface area contributed by atoms with E-state index in [1.54, 1.807) is 0 Å². The molecule has 0 aromatic carbocycles. The largest absolute Gasteiger partial charge is 0.346 e. The molecule has 0 aliphatic carbocycles. The van der Waals surface area contributed by atoms with Crippen LogP contribution in [0.4, 0.5) is 8.78 Å². The lowest BCUT2D eigenvalue weighted by Gasteiger charge is -2.14. The van der Waals surface area contributed by atoms with Gasteiger partial charge in [-0.1, -0.05) is 0 Å². The first-order valence-electron chi connectivity index (χ1n) is 4.49. The van der Waals surface area contributed by atoms with Crippen molar-refractivity contribution in [2.45, 2.75) is 5.92 Å². The molecule has 1 aromatic heterocycles. The summed E-state index contributed by atoms with van der Waals surface area (Å²) in [6, 6.07) is 2.38. The van der Waals surface area contributed by atoms with E-state index in [1.165, 1.54) is 6.07 Å². The number of rotatable bonds is 4. The van der Waals surface area contributed by atoms with Crippen LogP contribution in [0.15, 0.2) is 23.1 Å².